The molecule has 0 radical (unpaired) electrons. The van der Waals surface area contributed by atoms with Crippen LogP contribution in [0.25, 0.3) is 0 Å². The van der Waals surface area contributed by atoms with E-state index in [0.717, 1.165) is 37.3 Å². The Hall–Kier alpha value is -2.32. The average molecular weight is 374 g/mol. The number of nitrogens with zero attached hydrogens (tertiary/aromatic N) is 2. The summed E-state index contributed by atoms with van der Waals surface area (Å²) in [4.78, 5) is 24.6. The number of carbonyl (C=O) groups excluding carboxylic acids is 2. The second-order valence-electron chi connectivity index (χ2n) is 6.13. The van der Waals surface area contributed by atoms with Gasteiger partial charge in [-0.05, 0) is 37.5 Å². The van der Waals surface area contributed by atoms with Crippen LogP contribution < -0.4 is 10.6 Å². The first-order valence-electron chi connectivity index (χ1n) is 8.79. The summed E-state index contributed by atoms with van der Waals surface area (Å²) in [7, 11) is 0. The Balaban J connectivity index is 1.58. The lowest BCUT2D eigenvalue weighted by Crippen LogP contribution is -2.31. The summed E-state index contributed by atoms with van der Waals surface area (Å²) in [6.07, 6.45) is 3.87. The zero-order valence-electron chi connectivity index (χ0n) is 14.7. The predicted octanol–water partition coefficient (Wildman–Crippen LogP) is 2.65. The van der Waals surface area contributed by atoms with Gasteiger partial charge in [-0.25, -0.2) is 0 Å². The van der Waals surface area contributed by atoms with Gasteiger partial charge in [-0.1, -0.05) is 24.3 Å². The molecule has 2 aromatic rings. The number of hydrogen-bond donors (Lipinski definition) is 2. The minimum absolute atomic E-state index is 0.0940. The maximum Gasteiger partial charge on any atom is 0.286 e. The molecule has 8 heteroatoms. The third-order valence-electron chi connectivity index (χ3n) is 4.02. The molecule has 1 aliphatic rings. The first kappa shape index (κ1) is 18.5. The highest BCUT2D eigenvalue weighted by molar-refractivity contribution is 7.13. The van der Waals surface area contributed by atoms with Crippen LogP contribution in [0.3, 0.4) is 0 Å². The van der Waals surface area contributed by atoms with E-state index >= 15 is 0 Å². The molecule has 2 amide bonds. The quantitative estimate of drug-likeness (QED) is 0.777. The van der Waals surface area contributed by atoms with Crippen molar-refractivity contribution in [1.29, 1.82) is 0 Å². The molecule has 1 aromatic heterocycles. The van der Waals surface area contributed by atoms with Gasteiger partial charge in [0.25, 0.3) is 11.8 Å². The van der Waals surface area contributed by atoms with E-state index in [-0.39, 0.29) is 17.9 Å². The summed E-state index contributed by atoms with van der Waals surface area (Å²) in [5, 5.41) is 14.7. The van der Waals surface area contributed by atoms with Gasteiger partial charge >= 0.3 is 0 Å². The standard InChI is InChI=1S/C18H22N4O3S/c1-2-5-15-21-22-18(26-15)17(24)20-13-7-3-6-12(10-13)16(23)19-11-14-8-4-9-25-14/h3,6-7,10,14H,2,4-5,8-9,11H2,1H3,(H,19,23)(H,20,24)/t14-/m0/s1. The molecule has 3 rings (SSSR count). The Bertz CT molecular complexity index is 771. The number of rotatable bonds is 7. The van der Waals surface area contributed by atoms with Crippen molar-refractivity contribution in [2.75, 3.05) is 18.5 Å². The number of hydrogen-bond acceptors (Lipinski definition) is 6. The molecule has 1 aliphatic heterocycles. The Labute approximate surface area is 156 Å². The molecule has 1 atom stereocenters. The molecule has 0 saturated carbocycles. The molecule has 2 N–H and O–H groups in total. The van der Waals surface area contributed by atoms with Crippen molar-refractivity contribution in [1.82, 2.24) is 15.5 Å². The molecular formula is C18H22N4O3S. The van der Waals surface area contributed by atoms with Crippen LogP contribution in [0.5, 0.6) is 0 Å². The van der Waals surface area contributed by atoms with Crippen molar-refractivity contribution in [2.45, 2.75) is 38.7 Å². The largest absolute Gasteiger partial charge is 0.376 e. The minimum atomic E-state index is -0.318. The smallest absolute Gasteiger partial charge is 0.286 e. The lowest BCUT2D eigenvalue weighted by molar-refractivity contribution is 0.0857. The van der Waals surface area contributed by atoms with Gasteiger partial charge in [-0.3, -0.25) is 9.59 Å². The van der Waals surface area contributed by atoms with Crippen molar-refractivity contribution in [2.24, 2.45) is 0 Å². The topological polar surface area (TPSA) is 93.2 Å². The summed E-state index contributed by atoms with van der Waals surface area (Å²) < 4.78 is 5.50. The van der Waals surface area contributed by atoms with E-state index in [9.17, 15) is 9.59 Å². The second kappa shape index (κ2) is 8.86. The number of ether oxygens (including phenoxy) is 1. The lowest BCUT2D eigenvalue weighted by atomic mass is 10.1. The molecule has 2 heterocycles. The molecule has 0 unspecified atom stereocenters. The Kier molecular flexibility index (Phi) is 6.30. The zero-order chi connectivity index (χ0) is 18.4. The first-order chi connectivity index (χ1) is 12.7. The van der Waals surface area contributed by atoms with Crippen LogP contribution in [-0.2, 0) is 11.2 Å². The highest BCUT2D eigenvalue weighted by Crippen LogP contribution is 2.16. The molecule has 138 valence electrons. The van der Waals surface area contributed by atoms with E-state index in [2.05, 4.69) is 27.8 Å². The van der Waals surface area contributed by atoms with Crippen LogP contribution in [0.15, 0.2) is 24.3 Å². The van der Waals surface area contributed by atoms with Crippen molar-refractivity contribution in [3.05, 3.63) is 39.8 Å². The Morgan fingerprint density at radius 2 is 2.19 bits per heavy atom. The monoisotopic (exact) mass is 374 g/mol. The zero-order valence-corrected chi connectivity index (χ0v) is 15.5. The van der Waals surface area contributed by atoms with E-state index in [1.165, 1.54) is 11.3 Å². The van der Waals surface area contributed by atoms with Crippen molar-refractivity contribution < 1.29 is 14.3 Å². The van der Waals surface area contributed by atoms with Gasteiger partial charge in [0.1, 0.15) is 5.01 Å². The fourth-order valence-electron chi connectivity index (χ4n) is 2.70. The van der Waals surface area contributed by atoms with Gasteiger partial charge in [0.15, 0.2) is 0 Å². The molecular weight excluding hydrogens is 352 g/mol. The summed E-state index contributed by atoms with van der Waals surface area (Å²) >= 11 is 1.29. The molecule has 0 spiro atoms. The molecule has 1 saturated heterocycles. The third-order valence-corrected chi connectivity index (χ3v) is 5.00. The predicted molar refractivity (Wildman–Crippen MR) is 99.6 cm³/mol. The molecule has 0 bridgehead atoms. The highest BCUT2D eigenvalue weighted by atomic mass is 32.1. The van der Waals surface area contributed by atoms with Crippen molar-refractivity contribution in [3.63, 3.8) is 0 Å². The van der Waals surface area contributed by atoms with Gasteiger partial charge in [0.2, 0.25) is 5.01 Å². The summed E-state index contributed by atoms with van der Waals surface area (Å²) in [5.74, 6) is -0.500. The molecule has 1 aromatic carbocycles. The SMILES string of the molecule is CCCc1nnc(C(=O)Nc2cccc(C(=O)NC[C@@H]3CCCO3)c2)s1. The highest BCUT2D eigenvalue weighted by Gasteiger charge is 2.17. The van der Waals surface area contributed by atoms with E-state index < -0.39 is 0 Å². The van der Waals surface area contributed by atoms with Gasteiger partial charge < -0.3 is 15.4 Å². The van der Waals surface area contributed by atoms with Crippen LogP contribution in [0.4, 0.5) is 5.69 Å². The van der Waals surface area contributed by atoms with Crippen molar-refractivity contribution >= 4 is 28.8 Å². The number of carbonyl (C=O) groups is 2. The number of aromatic nitrogens is 2. The van der Waals surface area contributed by atoms with E-state index in [0.29, 0.717) is 22.8 Å². The normalized spacial score (nSPS) is 16.4. The van der Waals surface area contributed by atoms with Crippen molar-refractivity contribution in [3.8, 4) is 0 Å². The Morgan fingerprint density at radius 1 is 1.31 bits per heavy atom. The van der Waals surface area contributed by atoms with Gasteiger partial charge in [0, 0.05) is 30.8 Å². The number of nitrogens with one attached hydrogen (secondary N) is 2. The molecule has 1 fully saturated rings. The van der Waals surface area contributed by atoms with Gasteiger partial charge in [-0.15, -0.1) is 10.2 Å². The maximum absolute atomic E-state index is 12.3. The van der Waals surface area contributed by atoms with Crippen LogP contribution in [0.2, 0.25) is 0 Å². The second-order valence-corrected chi connectivity index (χ2v) is 7.19. The number of anilines is 1. The van der Waals surface area contributed by atoms with Crippen LogP contribution in [0.1, 0.15) is 51.4 Å². The number of amides is 2. The van der Waals surface area contributed by atoms with Gasteiger partial charge in [-0.2, -0.15) is 0 Å². The lowest BCUT2D eigenvalue weighted by Gasteiger charge is -2.11. The fourth-order valence-corrected chi connectivity index (χ4v) is 3.53. The fraction of sp³-hybridized carbons (Fsp3) is 0.444. The number of aryl methyl sites for hydroxylation is 1. The summed E-state index contributed by atoms with van der Waals surface area (Å²) in [5.41, 5.74) is 1.04. The maximum atomic E-state index is 12.3. The summed E-state index contributed by atoms with van der Waals surface area (Å²) in [6.45, 7) is 3.31. The van der Waals surface area contributed by atoms with E-state index in [1.807, 2.05) is 0 Å². The first-order valence-corrected chi connectivity index (χ1v) is 9.61. The summed E-state index contributed by atoms with van der Waals surface area (Å²) in [6, 6.07) is 6.84. The third kappa shape index (κ3) is 4.86. The van der Waals surface area contributed by atoms with E-state index in [1.54, 1.807) is 24.3 Å². The van der Waals surface area contributed by atoms with Crippen LogP contribution in [-0.4, -0.2) is 41.3 Å². The van der Waals surface area contributed by atoms with Crippen LogP contribution >= 0.6 is 11.3 Å². The van der Waals surface area contributed by atoms with Gasteiger partial charge in [0.05, 0.1) is 6.10 Å². The van der Waals surface area contributed by atoms with Crippen LogP contribution in [0, 0.1) is 0 Å². The Morgan fingerprint density at radius 3 is 2.96 bits per heavy atom. The molecule has 7 nitrogen and oxygen atoms in total. The van der Waals surface area contributed by atoms with E-state index in [4.69, 9.17) is 4.74 Å². The average Bonchev–Trinajstić information content (AvgIpc) is 3.32. The molecule has 0 aliphatic carbocycles. The minimum Gasteiger partial charge on any atom is -0.376 e. The molecule has 26 heavy (non-hydrogen) atoms. The number of benzene rings is 1.